The molecule has 2 fully saturated rings. The molecule has 0 aromatic heterocycles. The van der Waals surface area contributed by atoms with Gasteiger partial charge in [-0.25, -0.2) is 13.4 Å². The summed E-state index contributed by atoms with van der Waals surface area (Å²) in [5.74, 6) is -0.576. The van der Waals surface area contributed by atoms with E-state index in [1.807, 2.05) is 0 Å². The third-order valence-corrected chi connectivity index (χ3v) is 8.12. The Labute approximate surface area is 180 Å². The average molecular weight is 454 g/mol. The summed E-state index contributed by atoms with van der Waals surface area (Å²) in [5, 5.41) is 17.0. The van der Waals surface area contributed by atoms with Crippen LogP contribution in [-0.4, -0.2) is 71.6 Å². The van der Waals surface area contributed by atoms with Gasteiger partial charge >= 0.3 is 0 Å². The molecule has 1 atom stereocenters. The number of aliphatic hydroxyl groups is 1. The second-order valence-corrected chi connectivity index (χ2v) is 10.8. The molecular formula is C20H24ClN3O5S. The van der Waals surface area contributed by atoms with Crippen LogP contribution in [0.1, 0.15) is 37.7 Å². The van der Waals surface area contributed by atoms with Gasteiger partial charge in [-0.15, -0.1) is 0 Å². The van der Waals surface area contributed by atoms with E-state index in [0.717, 1.165) is 5.56 Å². The lowest BCUT2D eigenvalue weighted by molar-refractivity contribution is -0.134. The van der Waals surface area contributed by atoms with Crippen LogP contribution >= 0.6 is 11.6 Å². The van der Waals surface area contributed by atoms with E-state index in [9.17, 15) is 23.1 Å². The molecule has 1 aromatic carbocycles. The van der Waals surface area contributed by atoms with Crippen molar-refractivity contribution in [3.63, 3.8) is 0 Å². The predicted octanol–water partition coefficient (Wildman–Crippen LogP) is 1.32. The van der Waals surface area contributed by atoms with Crippen LogP contribution < -0.4 is 0 Å². The standard InChI is InChI=1S/C20H24ClN3O5S/c21-15-3-1-14(2-4-15)20(27)8-10-23(11-9-20)19(26)17-5-6-18(25)24(22-17)16-7-12-30(28,29)13-16/h1-4,16,27H,5-13H2. The van der Waals surface area contributed by atoms with Crippen molar-refractivity contribution in [2.75, 3.05) is 24.6 Å². The molecule has 2 saturated heterocycles. The van der Waals surface area contributed by atoms with Crippen LogP contribution in [-0.2, 0) is 25.0 Å². The van der Waals surface area contributed by atoms with E-state index in [0.29, 0.717) is 37.4 Å². The summed E-state index contributed by atoms with van der Waals surface area (Å²) in [6.07, 6.45) is 1.50. The molecule has 3 aliphatic rings. The number of piperidine rings is 1. The van der Waals surface area contributed by atoms with Gasteiger partial charge in [0.25, 0.3) is 5.91 Å². The summed E-state index contributed by atoms with van der Waals surface area (Å²) in [6.45, 7) is 0.728. The van der Waals surface area contributed by atoms with Gasteiger partial charge in [-0.2, -0.15) is 5.10 Å². The minimum absolute atomic E-state index is 0.0374. The number of carbonyl (C=O) groups is 2. The zero-order valence-corrected chi connectivity index (χ0v) is 18.0. The number of hydrogen-bond acceptors (Lipinski definition) is 6. The predicted molar refractivity (Wildman–Crippen MR) is 112 cm³/mol. The molecule has 2 amide bonds. The van der Waals surface area contributed by atoms with Crippen LogP contribution in [0.5, 0.6) is 0 Å². The molecule has 4 rings (SSSR count). The number of rotatable bonds is 3. The van der Waals surface area contributed by atoms with Crippen LogP contribution in [0.4, 0.5) is 0 Å². The molecule has 3 heterocycles. The van der Waals surface area contributed by atoms with Crippen molar-refractivity contribution < 1.29 is 23.1 Å². The molecule has 162 valence electrons. The van der Waals surface area contributed by atoms with Crippen molar-refractivity contribution in [1.29, 1.82) is 0 Å². The van der Waals surface area contributed by atoms with E-state index in [2.05, 4.69) is 5.10 Å². The Kier molecular flexibility index (Phi) is 5.63. The van der Waals surface area contributed by atoms with Gasteiger partial charge in [0.2, 0.25) is 5.91 Å². The van der Waals surface area contributed by atoms with Crippen molar-refractivity contribution in [2.45, 2.75) is 43.7 Å². The third kappa shape index (κ3) is 4.24. The van der Waals surface area contributed by atoms with E-state index >= 15 is 0 Å². The van der Waals surface area contributed by atoms with E-state index in [1.165, 1.54) is 5.01 Å². The number of halogens is 1. The summed E-state index contributed by atoms with van der Waals surface area (Å²) < 4.78 is 23.5. The lowest BCUT2D eigenvalue weighted by atomic mass is 9.84. The first-order valence-corrected chi connectivity index (χ1v) is 12.2. The van der Waals surface area contributed by atoms with Gasteiger partial charge in [-0.1, -0.05) is 23.7 Å². The van der Waals surface area contributed by atoms with Crippen molar-refractivity contribution in [1.82, 2.24) is 9.91 Å². The van der Waals surface area contributed by atoms with Crippen molar-refractivity contribution in [3.05, 3.63) is 34.9 Å². The zero-order chi connectivity index (χ0) is 21.5. The maximum atomic E-state index is 13.0. The Hall–Kier alpha value is -1.97. The summed E-state index contributed by atoms with van der Waals surface area (Å²) in [5.41, 5.74) is 0.0275. The average Bonchev–Trinajstić information content (AvgIpc) is 3.08. The summed E-state index contributed by atoms with van der Waals surface area (Å²) >= 11 is 5.92. The lowest BCUT2D eigenvalue weighted by Crippen LogP contribution is -2.49. The summed E-state index contributed by atoms with van der Waals surface area (Å²) in [7, 11) is -3.16. The Morgan fingerprint density at radius 1 is 1.17 bits per heavy atom. The molecule has 0 bridgehead atoms. The number of carbonyl (C=O) groups excluding carboxylic acids is 2. The smallest absolute Gasteiger partial charge is 0.270 e. The SMILES string of the molecule is O=C(C1=NN(C2CCS(=O)(=O)C2)C(=O)CC1)N1CCC(O)(c2ccc(Cl)cc2)CC1. The second-order valence-electron chi connectivity index (χ2n) is 8.17. The quantitative estimate of drug-likeness (QED) is 0.742. The van der Waals surface area contributed by atoms with E-state index in [1.54, 1.807) is 29.2 Å². The summed E-state index contributed by atoms with van der Waals surface area (Å²) in [6, 6.07) is 6.56. The van der Waals surface area contributed by atoms with Crippen LogP contribution in [0.2, 0.25) is 5.02 Å². The van der Waals surface area contributed by atoms with Gasteiger partial charge in [0.05, 0.1) is 23.1 Å². The highest BCUT2D eigenvalue weighted by molar-refractivity contribution is 7.91. The zero-order valence-electron chi connectivity index (χ0n) is 16.5. The number of hydrazone groups is 1. The second kappa shape index (κ2) is 7.94. The number of likely N-dealkylation sites (tertiary alicyclic amines) is 1. The van der Waals surface area contributed by atoms with Crippen LogP contribution in [0.3, 0.4) is 0 Å². The molecule has 0 spiro atoms. The maximum absolute atomic E-state index is 13.0. The molecule has 3 aliphatic heterocycles. The Bertz CT molecular complexity index is 984. The van der Waals surface area contributed by atoms with Crippen molar-refractivity contribution >= 4 is 39.0 Å². The fourth-order valence-corrected chi connectivity index (χ4v) is 6.11. The van der Waals surface area contributed by atoms with Crippen LogP contribution in [0, 0.1) is 0 Å². The molecule has 1 aromatic rings. The highest BCUT2D eigenvalue weighted by atomic mass is 35.5. The Morgan fingerprint density at radius 3 is 2.43 bits per heavy atom. The molecular weight excluding hydrogens is 430 g/mol. The van der Waals surface area contributed by atoms with Crippen molar-refractivity contribution in [3.8, 4) is 0 Å². The largest absolute Gasteiger partial charge is 0.385 e. The molecule has 1 N–H and O–H groups in total. The minimum Gasteiger partial charge on any atom is -0.385 e. The number of sulfone groups is 1. The van der Waals surface area contributed by atoms with Crippen LogP contribution in [0.15, 0.2) is 29.4 Å². The fraction of sp³-hybridized carbons (Fsp3) is 0.550. The van der Waals surface area contributed by atoms with Gasteiger partial charge in [-0.05, 0) is 37.0 Å². The normalized spacial score (nSPS) is 25.9. The monoisotopic (exact) mass is 453 g/mol. The number of benzene rings is 1. The molecule has 0 saturated carbocycles. The summed E-state index contributed by atoms with van der Waals surface area (Å²) in [4.78, 5) is 26.9. The first kappa shape index (κ1) is 21.3. The van der Waals surface area contributed by atoms with Gasteiger partial charge in [0.1, 0.15) is 5.71 Å². The highest BCUT2D eigenvalue weighted by Crippen LogP contribution is 2.34. The third-order valence-electron chi connectivity index (χ3n) is 6.12. The van der Waals surface area contributed by atoms with Gasteiger partial charge < -0.3 is 10.0 Å². The Balaban J connectivity index is 1.44. The maximum Gasteiger partial charge on any atom is 0.270 e. The van der Waals surface area contributed by atoms with E-state index in [-0.39, 0.29) is 41.9 Å². The van der Waals surface area contributed by atoms with Gasteiger partial charge in [-0.3, -0.25) is 9.59 Å². The van der Waals surface area contributed by atoms with Crippen LogP contribution in [0.25, 0.3) is 0 Å². The van der Waals surface area contributed by atoms with Crippen molar-refractivity contribution in [2.24, 2.45) is 5.10 Å². The number of hydrogen-bond donors (Lipinski definition) is 1. The molecule has 0 radical (unpaired) electrons. The van der Waals surface area contributed by atoms with Gasteiger partial charge in [0.15, 0.2) is 9.84 Å². The van der Waals surface area contributed by atoms with E-state index in [4.69, 9.17) is 11.6 Å². The molecule has 0 aliphatic carbocycles. The molecule has 30 heavy (non-hydrogen) atoms. The lowest BCUT2D eigenvalue weighted by Gasteiger charge is -2.39. The highest BCUT2D eigenvalue weighted by Gasteiger charge is 2.40. The fourth-order valence-electron chi connectivity index (χ4n) is 4.29. The minimum atomic E-state index is -3.16. The number of amides is 2. The first-order chi connectivity index (χ1) is 14.2. The van der Waals surface area contributed by atoms with Gasteiger partial charge in [0, 0.05) is 31.0 Å². The topological polar surface area (TPSA) is 107 Å². The molecule has 10 heteroatoms. The number of nitrogens with zero attached hydrogens (tertiary/aromatic N) is 3. The molecule has 8 nitrogen and oxygen atoms in total. The van der Waals surface area contributed by atoms with E-state index < -0.39 is 21.5 Å². The molecule has 1 unspecified atom stereocenters. The first-order valence-electron chi connectivity index (χ1n) is 10.0. The Morgan fingerprint density at radius 2 is 1.83 bits per heavy atom.